The van der Waals surface area contributed by atoms with E-state index in [2.05, 4.69) is 27.2 Å². The molecule has 1 atom stereocenters. The molecule has 1 heterocycles. The van der Waals surface area contributed by atoms with E-state index in [1.165, 1.54) is 12.0 Å². The monoisotopic (exact) mass is 339 g/mol. The van der Waals surface area contributed by atoms with Crippen molar-refractivity contribution in [3.8, 4) is 0 Å². The van der Waals surface area contributed by atoms with Crippen molar-refractivity contribution in [3.05, 3.63) is 40.4 Å². The van der Waals surface area contributed by atoms with Gasteiger partial charge in [-0.3, -0.25) is 4.79 Å². The van der Waals surface area contributed by atoms with Crippen molar-refractivity contribution in [2.75, 3.05) is 25.7 Å². The van der Waals surface area contributed by atoms with Crippen LogP contribution in [0.4, 0.5) is 5.69 Å². The lowest BCUT2D eigenvalue weighted by molar-refractivity contribution is -0.139. The normalized spacial score (nSPS) is 20.8. The fourth-order valence-electron chi connectivity index (χ4n) is 2.49. The average molecular weight is 340 g/mol. The van der Waals surface area contributed by atoms with Crippen LogP contribution in [0, 0.1) is 0 Å². The molecule has 1 aromatic carbocycles. The number of aliphatic hydroxyl groups is 1. The molecular formula is C14H14BrNO4. The zero-order chi connectivity index (χ0) is 15.1. The van der Waals surface area contributed by atoms with Gasteiger partial charge in [-0.25, -0.2) is 4.79 Å². The molecule has 0 saturated carbocycles. The molecular weight excluding hydrogens is 326 g/mol. The summed E-state index contributed by atoms with van der Waals surface area (Å²) < 4.78 is 5.39. The third kappa shape index (κ3) is 1.79. The zero-order valence-corrected chi connectivity index (χ0v) is 12.7. The minimum atomic E-state index is -1.49. The van der Waals surface area contributed by atoms with Gasteiger partial charge in [-0.15, -0.1) is 0 Å². The summed E-state index contributed by atoms with van der Waals surface area (Å²) in [5, 5.41) is 9.83. The van der Waals surface area contributed by atoms with E-state index >= 15 is 0 Å². The van der Waals surface area contributed by atoms with Gasteiger partial charge in [0.2, 0.25) is 5.91 Å². The fourth-order valence-corrected chi connectivity index (χ4v) is 2.85. The Morgan fingerprint density at radius 1 is 1.55 bits per heavy atom. The Bertz CT molecular complexity index is 613. The molecule has 1 amide bonds. The summed E-state index contributed by atoms with van der Waals surface area (Å²) in [6, 6.07) is 5.25. The van der Waals surface area contributed by atoms with Crippen LogP contribution in [0.5, 0.6) is 0 Å². The second-order valence-electron chi connectivity index (χ2n) is 4.56. The summed E-state index contributed by atoms with van der Waals surface area (Å²) in [6.07, 6.45) is 0. The quantitative estimate of drug-likeness (QED) is 0.667. The van der Waals surface area contributed by atoms with Crippen LogP contribution < -0.4 is 4.90 Å². The molecule has 0 fully saturated rings. The number of hydrogen-bond donors (Lipinski definition) is 1. The Balaban J connectivity index is 2.71. The van der Waals surface area contributed by atoms with Gasteiger partial charge in [-0.1, -0.05) is 22.5 Å². The third-order valence-corrected chi connectivity index (χ3v) is 4.13. The van der Waals surface area contributed by atoms with E-state index in [-0.39, 0.29) is 5.57 Å². The molecule has 1 N–H and O–H groups in total. The van der Waals surface area contributed by atoms with Gasteiger partial charge in [-0.2, -0.15) is 0 Å². The number of amides is 1. The van der Waals surface area contributed by atoms with E-state index in [0.717, 1.165) is 4.47 Å². The van der Waals surface area contributed by atoms with Gasteiger partial charge in [0, 0.05) is 17.2 Å². The number of anilines is 1. The lowest BCUT2D eigenvalue weighted by atomic mass is 9.76. The summed E-state index contributed by atoms with van der Waals surface area (Å²) in [6.45, 7) is 3.12. The van der Waals surface area contributed by atoms with Gasteiger partial charge >= 0.3 is 5.97 Å². The largest absolute Gasteiger partial charge is 0.466 e. The maximum Gasteiger partial charge on any atom is 0.334 e. The lowest BCUT2D eigenvalue weighted by Gasteiger charge is -2.26. The average Bonchev–Trinajstić information content (AvgIpc) is 2.66. The number of ether oxygens (including phenoxy) is 1. The smallest absolute Gasteiger partial charge is 0.334 e. The summed E-state index contributed by atoms with van der Waals surface area (Å²) in [5.74, 6) is -1.11. The van der Waals surface area contributed by atoms with Crippen molar-refractivity contribution < 1.29 is 19.4 Å². The molecule has 5 nitrogen and oxygen atoms in total. The molecule has 20 heavy (non-hydrogen) atoms. The van der Waals surface area contributed by atoms with E-state index in [1.54, 1.807) is 25.2 Å². The molecule has 0 aromatic heterocycles. The van der Waals surface area contributed by atoms with Crippen LogP contribution in [0.2, 0.25) is 0 Å². The Morgan fingerprint density at radius 3 is 2.75 bits per heavy atom. The first-order valence-corrected chi connectivity index (χ1v) is 6.66. The van der Waals surface area contributed by atoms with Crippen molar-refractivity contribution in [1.82, 2.24) is 0 Å². The molecule has 0 aliphatic carbocycles. The van der Waals surface area contributed by atoms with Crippen molar-refractivity contribution >= 4 is 33.5 Å². The van der Waals surface area contributed by atoms with E-state index in [4.69, 9.17) is 0 Å². The molecule has 6 heteroatoms. The number of carbonyl (C=O) groups is 2. The van der Waals surface area contributed by atoms with Crippen molar-refractivity contribution in [1.29, 1.82) is 0 Å². The van der Waals surface area contributed by atoms with Crippen LogP contribution in [0.15, 0.2) is 34.8 Å². The van der Waals surface area contributed by atoms with Crippen LogP contribution in [0.1, 0.15) is 5.56 Å². The van der Waals surface area contributed by atoms with Gasteiger partial charge in [-0.05, 0) is 23.8 Å². The van der Waals surface area contributed by atoms with Gasteiger partial charge in [0.25, 0.3) is 0 Å². The predicted octanol–water partition coefficient (Wildman–Crippen LogP) is 1.38. The Kier molecular flexibility index (Phi) is 3.71. The number of benzene rings is 1. The predicted molar refractivity (Wildman–Crippen MR) is 77.5 cm³/mol. The van der Waals surface area contributed by atoms with Gasteiger partial charge in [0.15, 0.2) is 0 Å². The van der Waals surface area contributed by atoms with Crippen molar-refractivity contribution in [3.63, 3.8) is 0 Å². The molecule has 1 aromatic rings. The number of hydrogen-bond acceptors (Lipinski definition) is 4. The van der Waals surface area contributed by atoms with E-state index in [0.29, 0.717) is 11.3 Å². The lowest BCUT2D eigenvalue weighted by Crippen LogP contribution is -2.45. The Morgan fingerprint density at radius 2 is 2.20 bits per heavy atom. The second-order valence-corrected chi connectivity index (χ2v) is 5.47. The molecule has 1 aliphatic heterocycles. The first-order valence-electron chi connectivity index (χ1n) is 5.87. The zero-order valence-electron chi connectivity index (χ0n) is 11.1. The van der Waals surface area contributed by atoms with E-state index < -0.39 is 23.9 Å². The summed E-state index contributed by atoms with van der Waals surface area (Å²) >= 11 is 3.33. The maximum absolute atomic E-state index is 12.6. The van der Waals surface area contributed by atoms with Crippen molar-refractivity contribution in [2.45, 2.75) is 5.41 Å². The molecule has 0 spiro atoms. The topological polar surface area (TPSA) is 66.8 Å². The summed E-state index contributed by atoms with van der Waals surface area (Å²) in [7, 11) is 2.81. The number of carbonyl (C=O) groups excluding carboxylic acids is 2. The number of esters is 1. The minimum absolute atomic E-state index is 0.0730. The standard InChI is InChI=1S/C14H14BrNO4/c1-8(12(18)20-3)14(7-17)10-6-9(15)4-5-11(10)16(2)13(14)19/h4-6,17H,1,7H2,2-3H3. The highest BCUT2D eigenvalue weighted by atomic mass is 79.9. The maximum atomic E-state index is 12.6. The number of aliphatic hydroxyl groups excluding tert-OH is 1. The number of halogens is 1. The van der Waals surface area contributed by atoms with Crippen LogP contribution in [0.3, 0.4) is 0 Å². The molecule has 1 aliphatic rings. The van der Waals surface area contributed by atoms with E-state index in [1.807, 2.05) is 0 Å². The van der Waals surface area contributed by atoms with Gasteiger partial charge in [0.05, 0.1) is 19.3 Å². The van der Waals surface area contributed by atoms with Gasteiger partial charge < -0.3 is 14.7 Å². The van der Waals surface area contributed by atoms with Crippen LogP contribution in [-0.2, 0) is 19.7 Å². The summed E-state index contributed by atoms with van der Waals surface area (Å²) in [5.41, 5.74) is -0.383. The first kappa shape index (κ1) is 14.7. The number of methoxy groups -OCH3 is 1. The summed E-state index contributed by atoms with van der Waals surface area (Å²) in [4.78, 5) is 25.8. The molecule has 0 bridgehead atoms. The minimum Gasteiger partial charge on any atom is -0.466 e. The van der Waals surface area contributed by atoms with Crippen LogP contribution in [0.25, 0.3) is 0 Å². The van der Waals surface area contributed by atoms with Crippen LogP contribution >= 0.6 is 15.9 Å². The highest BCUT2D eigenvalue weighted by Crippen LogP contribution is 2.46. The highest BCUT2D eigenvalue weighted by molar-refractivity contribution is 9.10. The molecule has 106 valence electrons. The SMILES string of the molecule is C=C(C(=O)OC)C1(CO)C(=O)N(C)c2ccc(Br)cc21. The molecule has 1 unspecified atom stereocenters. The highest BCUT2D eigenvalue weighted by Gasteiger charge is 2.53. The van der Waals surface area contributed by atoms with Crippen molar-refractivity contribution in [2.24, 2.45) is 0 Å². The first-order chi connectivity index (χ1) is 9.40. The van der Waals surface area contributed by atoms with Crippen LogP contribution in [-0.4, -0.2) is 37.7 Å². The number of likely N-dealkylation sites (N-methyl/N-ethyl adjacent to an activating group) is 1. The Hall–Kier alpha value is -1.66. The number of fused-ring (bicyclic) bond motifs is 1. The number of rotatable bonds is 3. The molecule has 0 saturated heterocycles. The number of nitrogens with zero attached hydrogens (tertiary/aromatic N) is 1. The second kappa shape index (κ2) is 5.03. The molecule has 2 rings (SSSR count). The Labute approximate surface area is 125 Å². The third-order valence-electron chi connectivity index (χ3n) is 3.63. The fraction of sp³-hybridized carbons (Fsp3) is 0.286. The van der Waals surface area contributed by atoms with Gasteiger partial charge in [0.1, 0.15) is 5.41 Å². The van der Waals surface area contributed by atoms with E-state index in [9.17, 15) is 14.7 Å². The molecule has 0 radical (unpaired) electrons.